The van der Waals surface area contributed by atoms with E-state index < -0.39 is 19.7 Å². The summed E-state index contributed by atoms with van der Waals surface area (Å²) in [7, 11) is -6.95. The molecule has 1 aromatic heterocycles. The van der Waals surface area contributed by atoms with E-state index in [1.165, 1.54) is 12.1 Å². The number of nitrogens with one attached hydrogen (secondary N) is 1. The molecule has 0 aliphatic rings. The van der Waals surface area contributed by atoms with E-state index in [0.29, 0.717) is 10.5 Å². The van der Waals surface area contributed by atoms with E-state index in [1.54, 1.807) is 108 Å². The Morgan fingerprint density at radius 1 is 0.667 bits per heavy atom. The molecule has 196 valence electrons. The van der Waals surface area contributed by atoms with Gasteiger partial charge in [-0.2, -0.15) is 10.1 Å². The summed E-state index contributed by atoms with van der Waals surface area (Å²) in [6.45, 7) is 0. The maximum atomic E-state index is 12.5. The first-order valence-corrected chi connectivity index (χ1v) is 15.0. The van der Waals surface area contributed by atoms with Gasteiger partial charge in [-0.25, -0.2) is 16.8 Å². The Bertz CT molecular complexity index is 1880. The zero-order valence-electron chi connectivity index (χ0n) is 20.1. The first kappa shape index (κ1) is 28.0. The normalized spacial score (nSPS) is 11.1. The van der Waals surface area contributed by atoms with Gasteiger partial charge in [0.25, 0.3) is 0 Å². The van der Waals surface area contributed by atoms with Crippen LogP contribution in [0.2, 0.25) is 0 Å². The number of rotatable bonds is 6. The molecule has 0 aliphatic heterocycles. The minimum Gasteiger partial charge on any atom is -0.275 e. The number of aliphatic imine (C=N–C) groups is 1. The fraction of sp³-hybridized carbons (Fsp3) is 0. The van der Waals surface area contributed by atoms with Crippen molar-refractivity contribution in [3.63, 3.8) is 0 Å². The lowest BCUT2D eigenvalue weighted by Gasteiger charge is -2.06. The maximum absolute atomic E-state index is 12.5. The smallest absolute Gasteiger partial charge is 0.206 e. The van der Waals surface area contributed by atoms with Gasteiger partial charge >= 0.3 is 0 Å². The van der Waals surface area contributed by atoms with Crippen molar-refractivity contribution >= 4 is 55.0 Å². The minimum absolute atomic E-state index is 0.233. The van der Waals surface area contributed by atoms with E-state index in [4.69, 9.17) is 12.2 Å². The highest BCUT2D eigenvalue weighted by atomic mass is 32.2. The molecule has 0 fully saturated rings. The molecule has 0 spiro atoms. The minimum atomic E-state index is -3.49. The second kappa shape index (κ2) is 12.2. The number of nitrogens with zero attached hydrogens (tertiary/aromatic N) is 3. The van der Waals surface area contributed by atoms with Crippen molar-refractivity contribution < 1.29 is 16.8 Å². The fourth-order valence-corrected chi connectivity index (χ4v) is 6.32. The molecule has 12 heteroatoms. The lowest BCUT2D eigenvalue weighted by atomic mass is 10.3. The van der Waals surface area contributed by atoms with Crippen LogP contribution in [0.15, 0.2) is 140 Å². The van der Waals surface area contributed by atoms with Gasteiger partial charge in [-0.1, -0.05) is 36.4 Å². The van der Waals surface area contributed by atoms with Crippen LogP contribution in [-0.4, -0.2) is 36.8 Å². The van der Waals surface area contributed by atoms with E-state index in [-0.39, 0.29) is 19.6 Å². The van der Waals surface area contributed by atoms with Crippen molar-refractivity contribution in [1.29, 1.82) is 0 Å². The van der Waals surface area contributed by atoms with E-state index >= 15 is 0 Å². The topological polar surface area (TPSA) is 114 Å². The lowest BCUT2D eigenvalue weighted by Crippen LogP contribution is -2.02. The van der Waals surface area contributed by atoms with Crippen LogP contribution in [0, 0.1) is 4.77 Å². The Kier molecular flexibility index (Phi) is 8.75. The summed E-state index contributed by atoms with van der Waals surface area (Å²) < 4.78 is 51.5. The van der Waals surface area contributed by atoms with Crippen LogP contribution in [-0.2, 0) is 19.7 Å². The van der Waals surface area contributed by atoms with Gasteiger partial charge in [0.05, 0.1) is 30.4 Å². The van der Waals surface area contributed by atoms with Crippen LogP contribution < -0.4 is 0 Å². The summed E-state index contributed by atoms with van der Waals surface area (Å²) in [5, 5.41) is 8.71. The van der Waals surface area contributed by atoms with Gasteiger partial charge in [-0.3, -0.25) is 9.67 Å². The molecule has 1 heterocycles. The zero-order chi connectivity index (χ0) is 27.9. The predicted molar refractivity (Wildman–Crippen MR) is 154 cm³/mol. The SMILES string of the molecule is O=S(=O)(c1ccccc1)c1ccc(-n2cn[nH]c2=S)cc1.O=S(=O)(c1ccccc1)c1ccc(N=C=S)cc1. The van der Waals surface area contributed by atoms with Crippen LogP contribution in [0.5, 0.6) is 0 Å². The molecular weight excluding hydrogens is 573 g/mol. The van der Waals surface area contributed by atoms with Gasteiger partial charge in [0, 0.05) is 5.69 Å². The number of isothiocyanates is 1. The molecule has 4 aromatic carbocycles. The highest BCUT2D eigenvalue weighted by molar-refractivity contribution is 7.91. The van der Waals surface area contributed by atoms with Gasteiger partial charge in [0.15, 0.2) is 4.77 Å². The molecule has 8 nitrogen and oxygen atoms in total. The molecule has 5 aromatic rings. The Balaban J connectivity index is 0.000000183. The fourth-order valence-electron chi connectivity index (χ4n) is 3.44. The molecule has 1 N–H and O–H groups in total. The molecule has 0 atom stereocenters. The number of benzene rings is 4. The van der Waals surface area contributed by atoms with Crippen LogP contribution in [0.3, 0.4) is 0 Å². The largest absolute Gasteiger partial charge is 0.275 e. The Morgan fingerprint density at radius 2 is 1.10 bits per heavy atom. The van der Waals surface area contributed by atoms with E-state index in [0.717, 1.165) is 5.69 Å². The first-order chi connectivity index (χ1) is 18.7. The molecule has 0 bridgehead atoms. The maximum Gasteiger partial charge on any atom is 0.206 e. The van der Waals surface area contributed by atoms with Crippen molar-refractivity contribution in [2.45, 2.75) is 19.6 Å². The third kappa shape index (κ3) is 6.51. The van der Waals surface area contributed by atoms with Crippen molar-refractivity contribution in [2.24, 2.45) is 4.99 Å². The summed E-state index contributed by atoms with van der Waals surface area (Å²) >= 11 is 9.56. The number of aromatic nitrogens is 3. The van der Waals surface area contributed by atoms with Crippen molar-refractivity contribution in [3.05, 3.63) is 120 Å². The molecule has 0 aliphatic carbocycles. The van der Waals surface area contributed by atoms with Crippen molar-refractivity contribution in [3.8, 4) is 5.69 Å². The molecule has 0 unspecified atom stereocenters. The third-order valence-corrected chi connectivity index (χ3v) is 9.36. The number of thiocarbonyl (C=S) groups is 1. The Labute approximate surface area is 236 Å². The second-order valence-corrected chi connectivity index (χ2v) is 12.3. The quantitative estimate of drug-likeness (QED) is 0.190. The second-order valence-electron chi connectivity index (χ2n) is 7.86. The standard InChI is InChI=1S/C14H11N3O2S2.C13H9NO2S2/c18-21(19,12-4-2-1-3-5-12)13-8-6-11(7-9-13)17-10-15-16-14(17)20;15-18(16,12-4-2-1-3-5-12)13-8-6-11(7-9-13)14-10-17/h1-10H,(H,16,20);1-9H. The number of sulfone groups is 2. The van der Waals surface area contributed by atoms with Crippen molar-refractivity contribution in [2.75, 3.05) is 0 Å². The monoisotopic (exact) mass is 592 g/mol. The zero-order valence-corrected chi connectivity index (χ0v) is 23.3. The van der Waals surface area contributed by atoms with Crippen LogP contribution >= 0.6 is 24.4 Å². The average Bonchev–Trinajstić information content (AvgIpc) is 3.40. The van der Waals surface area contributed by atoms with Gasteiger partial charge < -0.3 is 0 Å². The van der Waals surface area contributed by atoms with Crippen LogP contribution in [0.1, 0.15) is 0 Å². The summed E-state index contributed by atoms with van der Waals surface area (Å²) in [6.07, 6.45) is 1.54. The number of H-pyrrole nitrogens is 1. The summed E-state index contributed by atoms with van der Waals surface area (Å²) in [4.78, 5) is 4.80. The predicted octanol–water partition coefficient (Wildman–Crippen LogP) is 6.02. The van der Waals surface area contributed by atoms with E-state index in [9.17, 15) is 16.8 Å². The molecule has 0 amide bonds. The van der Waals surface area contributed by atoms with Crippen LogP contribution in [0.4, 0.5) is 5.69 Å². The number of hydrogen-bond acceptors (Lipinski definition) is 8. The van der Waals surface area contributed by atoms with Gasteiger partial charge in [-0.05, 0) is 97.2 Å². The highest BCUT2D eigenvalue weighted by Crippen LogP contribution is 2.23. The average molecular weight is 593 g/mol. The van der Waals surface area contributed by atoms with Crippen LogP contribution in [0.25, 0.3) is 5.69 Å². The Morgan fingerprint density at radius 3 is 1.51 bits per heavy atom. The number of hydrogen-bond donors (Lipinski definition) is 1. The lowest BCUT2D eigenvalue weighted by molar-refractivity contribution is 0.594. The Hall–Kier alpha value is -4.06. The first-order valence-electron chi connectivity index (χ1n) is 11.2. The highest BCUT2D eigenvalue weighted by Gasteiger charge is 2.17. The van der Waals surface area contributed by atoms with E-state index in [2.05, 4.69) is 32.6 Å². The third-order valence-electron chi connectivity index (χ3n) is 5.41. The van der Waals surface area contributed by atoms with Gasteiger partial charge in [0.2, 0.25) is 19.7 Å². The molecular formula is C27H20N4O4S4. The van der Waals surface area contributed by atoms with Crippen molar-refractivity contribution in [1.82, 2.24) is 14.8 Å². The van der Waals surface area contributed by atoms with Gasteiger partial charge in [0.1, 0.15) is 6.33 Å². The number of aromatic amines is 1. The summed E-state index contributed by atoms with van der Waals surface area (Å²) in [5.74, 6) is 0. The van der Waals surface area contributed by atoms with Gasteiger partial charge in [-0.15, -0.1) is 0 Å². The molecule has 0 radical (unpaired) electrons. The van der Waals surface area contributed by atoms with E-state index in [1.807, 2.05) is 0 Å². The molecule has 0 saturated heterocycles. The summed E-state index contributed by atoms with van der Waals surface area (Å²) in [5.41, 5.74) is 1.33. The molecule has 39 heavy (non-hydrogen) atoms. The molecule has 0 saturated carbocycles. The summed E-state index contributed by atoms with van der Waals surface area (Å²) in [6, 6.07) is 29.3. The molecule has 5 rings (SSSR count).